The Bertz CT molecular complexity index is 275. The Morgan fingerprint density at radius 1 is 1.50 bits per heavy atom. The highest BCUT2D eigenvalue weighted by atomic mass is 79.9. The van der Waals surface area contributed by atoms with Gasteiger partial charge < -0.3 is 4.79 Å². The van der Waals surface area contributed by atoms with Crippen molar-refractivity contribution in [2.24, 2.45) is 0 Å². The number of halogens is 1. The Morgan fingerprint density at radius 3 is 2.75 bits per heavy atom. The lowest BCUT2D eigenvalue weighted by atomic mass is 10.4. The molecule has 0 aromatic heterocycles. The predicted molar refractivity (Wildman–Crippen MR) is 55.5 cm³/mol. The van der Waals surface area contributed by atoms with Crippen LogP contribution in [0.1, 0.15) is 6.92 Å². The number of aldehydes is 1. The average molecular weight is 245 g/mol. The first-order chi connectivity index (χ1) is 5.74. The third-order valence-corrected chi connectivity index (χ3v) is 3.39. The van der Waals surface area contributed by atoms with Crippen LogP contribution in [-0.2, 0) is 4.79 Å². The van der Waals surface area contributed by atoms with Crippen LogP contribution < -0.4 is 0 Å². The van der Waals surface area contributed by atoms with Crippen LogP contribution >= 0.6 is 27.7 Å². The van der Waals surface area contributed by atoms with E-state index in [9.17, 15) is 4.79 Å². The quantitative estimate of drug-likeness (QED) is 0.601. The molecule has 0 aliphatic heterocycles. The molecule has 0 bridgehead atoms. The van der Waals surface area contributed by atoms with Crippen LogP contribution in [0.25, 0.3) is 0 Å². The molecular formula is C9H9BrOS. The molecule has 0 saturated heterocycles. The highest BCUT2D eigenvalue weighted by Gasteiger charge is 2.04. The van der Waals surface area contributed by atoms with Gasteiger partial charge in [0.05, 0.1) is 5.25 Å². The van der Waals surface area contributed by atoms with E-state index in [1.54, 1.807) is 11.8 Å². The van der Waals surface area contributed by atoms with Gasteiger partial charge in [0.2, 0.25) is 0 Å². The highest BCUT2D eigenvalue weighted by molar-refractivity contribution is 9.10. The Kier molecular flexibility index (Phi) is 3.82. The summed E-state index contributed by atoms with van der Waals surface area (Å²) in [6, 6.07) is 7.89. The maximum absolute atomic E-state index is 10.4. The van der Waals surface area contributed by atoms with Gasteiger partial charge in [-0.2, -0.15) is 0 Å². The van der Waals surface area contributed by atoms with E-state index in [2.05, 4.69) is 15.9 Å². The molecule has 1 rings (SSSR count). The van der Waals surface area contributed by atoms with Crippen LogP contribution in [0.5, 0.6) is 0 Å². The summed E-state index contributed by atoms with van der Waals surface area (Å²) in [5, 5.41) is 0.0173. The highest BCUT2D eigenvalue weighted by Crippen LogP contribution is 2.29. The van der Waals surface area contributed by atoms with Gasteiger partial charge in [-0.15, -0.1) is 11.8 Å². The molecule has 0 saturated carbocycles. The van der Waals surface area contributed by atoms with E-state index < -0.39 is 0 Å². The molecule has 3 heteroatoms. The molecule has 0 fully saturated rings. The fourth-order valence-electron chi connectivity index (χ4n) is 0.768. The number of hydrogen-bond donors (Lipinski definition) is 0. The minimum atomic E-state index is 0.0173. The average Bonchev–Trinajstić information content (AvgIpc) is 2.09. The molecule has 0 heterocycles. The zero-order valence-electron chi connectivity index (χ0n) is 6.66. The summed E-state index contributed by atoms with van der Waals surface area (Å²) in [5.41, 5.74) is 0. The topological polar surface area (TPSA) is 17.1 Å². The molecule has 0 N–H and O–H groups in total. The van der Waals surface area contributed by atoms with Gasteiger partial charge in [-0.05, 0) is 35.0 Å². The van der Waals surface area contributed by atoms with Crippen LogP contribution in [0.2, 0.25) is 0 Å². The van der Waals surface area contributed by atoms with Crippen molar-refractivity contribution in [3.05, 3.63) is 28.7 Å². The van der Waals surface area contributed by atoms with Gasteiger partial charge in [-0.1, -0.05) is 12.1 Å². The maximum Gasteiger partial charge on any atom is 0.133 e. The zero-order chi connectivity index (χ0) is 8.97. The van der Waals surface area contributed by atoms with Crippen molar-refractivity contribution < 1.29 is 4.79 Å². The number of carbonyl (C=O) groups excluding carboxylic acids is 1. The number of benzene rings is 1. The Hall–Kier alpha value is -0.280. The Morgan fingerprint density at radius 2 is 2.17 bits per heavy atom. The van der Waals surface area contributed by atoms with E-state index in [-0.39, 0.29) is 5.25 Å². The van der Waals surface area contributed by atoms with Crippen LogP contribution in [0.15, 0.2) is 33.6 Å². The molecule has 64 valence electrons. The second kappa shape index (κ2) is 4.67. The fourth-order valence-corrected chi connectivity index (χ4v) is 2.13. The third-order valence-electron chi connectivity index (χ3n) is 1.34. The summed E-state index contributed by atoms with van der Waals surface area (Å²) < 4.78 is 1.05. The fraction of sp³-hybridized carbons (Fsp3) is 0.222. The predicted octanol–water partition coefficient (Wildman–Crippen LogP) is 3.13. The molecular weight excluding hydrogens is 236 g/mol. The minimum absolute atomic E-state index is 0.0173. The summed E-state index contributed by atoms with van der Waals surface area (Å²) in [6.45, 7) is 1.89. The normalized spacial score (nSPS) is 12.5. The molecule has 1 nitrogen and oxygen atoms in total. The zero-order valence-corrected chi connectivity index (χ0v) is 9.06. The molecule has 0 aliphatic rings. The van der Waals surface area contributed by atoms with Crippen molar-refractivity contribution in [2.75, 3.05) is 0 Å². The molecule has 12 heavy (non-hydrogen) atoms. The molecule has 0 radical (unpaired) electrons. The molecule has 0 amide bonds. The van der Waals surface area contributed by atoms with Crippen molar-refractivity contribution >= 4 is 34.0 Å². The Labute approximate surface area is 84.7 Å². The number of hydrogen-bond acceptors (Lipinski definition) is 2. The largest absolute Gasteiger partial charge is 0.302 e. The van der Waals surface area contributed by atoms with Crippen LogP contribution in [0, 0.1) is 0 Å². The van der Waals surface area contributed by atoms with E-state index in [1.165, 1.54) is 0 Å². The number of thioether (sulfide) groups is 1. The third kappa shape index (κ3) is 2.64. The van der Waals surface area contributed by atoms with Gasteiger partial charge in [0.15, 0.2) is 0 Å². The smallest absolute Gasteiger partial charge is 0.133 e. The Balaban J connectivity index is 2.75. The monoisotopic (exact) mass is 244 g/mol. The van der Waals surface area contributed by atoms with Gasteiger partial charge in [-0.25, -0.2) is 0 Å². The first-order valence-electron chi connectivity index (χ1n) is 3.60. The van der Waals surface area contributed by atoms with E-state index in [1.807, 2.05) is 31.2 Å². The lowest BCUT2D eigenvalue weighted by Crippen LogP contribution is -1.95. The standard InChI is InChI=1S/C9H9BrOS/c1-7(6-11)12-9-5-3-2-4-8(9)10/h2-7H,1H3. The second-order valence-electron chi connectivity index (χ2n) is 2.39. The van der Waals surface area contributed by atoms with Gasteiger partial charge in [0.1, 0.15) is 6.29 Å². The summed E-state index contributed by atoms with van der Waals surface area (Å²) in [4.78, 5) is 11.5. The van der Waals surface area contributed by atoms with Crippen molar-refractivity contribution in [3.63, 3.8) is 0 Å². The van der Waals surface area contributed by atoms with Gasteiger partial charge >= 0.3 is 0 Å². The first-order valence-corrected chi connectivity index (χ1v) is 5.28. The molecule has 1 unspecified atom stereocenters. The van der Waals surface area contributed by atoms with Gasteiger partial charge in [0, 0.05) is 9.37 Å². The van der Waals surface area contributed by atoms with Crippen molar-refractivity contribution in [1.29, 1.82) is 0 Å². The minimum Gasteiger partial charge on any atom is -0.302 e. The number of rotatable bonds is 3. The van der Waals surface area contributed by atoms with Crippen molar-refractivity contribution in [2.45, 2.75) is 17.1 Å². The molecule has 0 aliphatic carbocycles. The lowest BCUT2D eigenvalue weighted by Gasteiger charge is -2.04. The SMILES string of the molecule is CC(C=O)Sc1ccccc1Br. The molecule has 1 aromatic carbocycles. The molecule has 1 atom stereocenters. The van der Waals surface area contributed by atoms with Crippen LogP contribution in [0.4, 0.5) is 0 Å². The van der Waals surface area contributed by atoms with E-state index in [4.69, 9.17) is 0 Å². The summed E-state index contributed by atoms with van der Waals surface area (Å²) >= 11 is 4.97. The van der Waals surface area contributed by atoms with Crippen LogP contribution in [-0.4, -0.2) is 11.5 Å². The molecule has 1 aromatic rings. The lowest BCUT2D eigenvalue weighted by molar-refractivity contribution is -0.107. The summed E-state index contributed by atoms with van der Waals surface area (Å²) in [7, 11) is 0. The van der Waals surface area contributed by atoms with E-state index in [0.29, 0.717) is 0 Å². The van der Waals surface area contributed by atoms with E-state index >= 15 is 0 Å². The second-order valence-corrected chi connectivity index (χ2v) is 4.66. The summed E-state index contributed by atoms with van der Waals surface area (Å²) in [5.74, 6) is 0. The van der Waals surface area contributed by atoms with Gasteiger partial charge in [-0.3, -0.25) is 0 Å². The van der Waals surface area contributed by atoms with E-state index in [0.717, 1.165) is 15.7 Å². The summed E-state index contributed by atoms with van der Waals surface area (Å²) in [6.07, 6.45) is 0.949. The van der Waals surface area contributed by atoms with Gasteiger partial charge in [0.25, 0.3) is 0 Å². The first kappa shape index (κ1) is 9.81. The van der Waals surface area contributed by atoms with Crippen LogP contribution in [0.3, 0.4) is 0 Å². The van der Waals surface area contributed by atoms with Crippen molar-refractivity contribution in [1.82, 2.24) is 0 Å². The molecule has 0 spiro atoms. The number of carbonyl (C=O) groups is 1. The maximum atomic E-state index is 10.4. The van der Waals surface area contributed by atoms with Crippen molar-refractivity contribution in [3.8, 4) is 0 Å².